The average Bonchev–Trinajstić information content (AvgIpc) is 2.38. The van der Waals surface area contributed by atoms with E-state index < -0.39 is 6.10 Å². The highest BCUT2D eigenvalue weighted by molar-refractivity contribution is 6.30. The number of benzene rings is 1. The van der Waals surface area contributed by atoms with Gasteiger partial charge in [-0.1, -0.05) is 17.7 Å². The molecule has 0 aliphatic heterocycles. The monoisotopic (exact) mass is 284 g/mol. The van der Waals surface area contributed by atoms with E-state index in [0.717, 1.165) is 13.0 Å². The molecule has 0 heterocycles. The van der Waals surface area contributed by atoms with Gasteiger partial charge in [-0.2, -0.15) is 0 Å². The van der Waals surface area contributed by atoms with Crippen molar-refractivity contribution in [2.75, 3.05) is 27.2 Å². The molecular weight excluding hydrogens is 264 g/mol. The van der Waals surface area contributed by atoms with E-state index in [4.69, 9.17) is 16.3 Å². The van der Waals surface area contributed by atoms with Gasteiger partial charge in [-0.3, -0.25) is 4.79 Å². The molecule has 1 N–H and O–H groups in total. The zero-order chi connectivity index (χ0) is 14.3. The molecule has 1 aromatic rings. The van der Waals surface area contributed by atoms with Crippen LogP contribution in [0.5, 0.6) is 5.75 Å². The topological polar surface area (TPSA) is 41.6 Å². The van der Waals surface area contributed by atoms with E-state index in [-0.39, 0.29) is 5.91 Å². The molecule has 0 spiro atoms. The van der Waals surface area contributed by atoms with E-state index in [1.165, 1.54) is 0 Å². The molecule has 1 rings (SSSR count). The summed E-state index contributed by atoms with van der Waals surface area (Å²) in [6.07, 6.45) is 0.404. The van der Waals surface area contributed by atoms with Crippen LogP contribution in [0.3, 0.4) is 0 Å². The molecule has 19 heavy (non-hydrogen) atoms. The lowest BCUT2D eigenvalue weighted by Gasteiger charge is -2.22. The molecule has 0 aromatic heterocycles. The zero-order valence-electron chi connectivity index (χ0n) is 11.6. The normalized spacial score (nSPS) is 12.0. The molecule has 106 valence electrons. The van der Waals surface area contributed by atoms with Crippen molar-refractivity contribution in [2.45, 2.75) is 19.4 Å². The number of carbonyl (C=O) groups excluding carboxylic acids is 1. The first-order chi connectivity index (χ1) is 9.04. The van der Waals surface area contributed by atoms with Crippen LogP contribution in [0.1, 0.15) is 13.3 Å². The molecule has 1 aromatic carbocycles. The van der Waals surface area contributed by atoms with Gasteiger partial charge in [0.05, 0.1) is 0 Å². The molecule has 0 saturated heterocycles. The largest absolute Gasteiger partial charge is 0.481 e. The first-order valence-corrected chi connectivity index (χ1v) is 6.74. The fourth-order valence-electron chi connectivity index (χ4n) is 1.71. The van der Waals surface area contributed by atoms with Crippen LogP contribution in [0, 0.1) is 0 Å². The Morgan fingerprint density at radius 1 is 1.53 bits per heavy atom. The Labute approximate surface area is 119 Å². The predicted octanol–water partition coefficient (Wildman–Crippen LogP) is 2.18. The maximum atomic E-state index is 12.1. The summed E-state index contributed by atoms with van der Waals surface area (Å²) in [6.45, 7) is 3.35. The SMILES string of the molecule is CNCCCN(C)C(=O)C(C)Oc1cccc(Cl)c1. The van der Waals surface area contributed by atoms with Crippen LogP contribution in [0.4, 0.5) is 0 Å². The van der Waals surface area contributed by atoms with E-state index >= 15 is 0 Å². The lowest BCUT2D eigenvalue weighted by Crippen LogP contribution is -2.39. The molecule has 4 nitrogen and oxygen atoms in total. The smallest absolute Gasteiger partial charge is 0.263 e. The fraction of sp³-hybridized carbons (Fsp3) is 0.500. The Bertz CT molecular complexity index is 412. The van der Waals surface area contributed by atoms with E-state index in [2.05, 4.69) is 5.32 Å². The van der Waals surface area contributed by atoms with Gasteiger partial charge in [0.1, 0.15) is 5.75 Å². The minimum atomic E-state index is -0.516. The summed E-state index contributed by atoms with van der Waals surface area (Å²) < 4.78 is 5.59. The quantitative estimate of drug-likeness (QED) is 0.780. The second-order valence-corrected chi connectivity index (χ2v) is 4.87. The molecule has 0 bridgehead atoms. The molecule has 0 fully saturated rings. The lowest BCUT2D eigenvalue weighted by molar-refractivity contribution is -0.136. The summed E-state index contributed by atoms with van der Waals surface area (Å²) in [5.41, 5.74) is 0. The van der Waals surface area contributed by atoms with Gasteiger partial charge in [0.2, 0.25) is 0 Å². The number of halogens is 1. The van der Waals surface area contributed by atoms with Gasteiger partial charge >= 0.3 is 0 Å². The van der Waals surface area contributed by atoms with Gasteiger partial charge in [0.25, 0.3) is 5.91 Å². The number of ether oxygens (including phenoxy) is 1. The standard InChI is InChI=1S/C14H21ClN2O2/c1-11(14(18)17(3)9-5-8-16-2)19-13-7-4-6-12(15)10-13/h4,6-7,10-11,16H,5,8-9H2,1-3H3. The Morgan fingerprint density at radius 3 is 2.89 bits per heavy atom. The minimum absolute atomic E-state index is 0.0314. The van der Waals surface area contributed by atoms with Gasteiger partial charge in [0, 0.05) is 18.6 Å². The second-order valence-electron chi connectivity index (χ2n) is 4.43. The number of nitrogens with zero attached hydrogens (tertiary/aromatic N) is 1. The summed E-state index contributed by atoms with van der Waals surface area (Å²) in [4.78, 5) is 13.8. The van der Waals surface area contributed by atoms with Crippen molar-refractivity contribution < 1.29 is 9.53 Å². The maximum absolute atomic E-state index is 12.1. The third kappa shape index (κ3) is 5.49. The van der Waals surface area contributed by atoms with Crippen molar-refractivity contribution in [3.63, 3.8) is 0 Å². The molecule has 0 saturated carbocycles. The van der Waals surface area contributed by atoms with Gasteiger partial charge in [0.15, 0.2) is 6.10 Å². The third-order valence-electron chi connectivity index (χ3n) is 2.75. The average molecular weight is 285 g/mol. The summed E-state index contributed by atoms with van der Waals surface area (Å²) in [6, 6.07) is 7.05. The van der Waals surface area contributed by atoms with Crippen LogP contribution in [0.25, 0.3) is 0 Å². The second kappa shape index (κ2) is 8.02. The Kier molecular flexibility index (Phi) is 6.67. The Hall–Kier alpha value is -1.26. The van der Waals surface area contributed by atoms with Crippen LogP contribution in [-0.2, 0) is 4.79 Å². The third-order valence-corrected chi connectivity index (χ3v) is 2.99. The van der Waals surface area contributed by atoms with Crippen molar-refractivity contribution in [2.24, 2.45) is 0 Å². The van der Waals surface area contributed by atoms with E-state index in [9.17, 15) is 4.79 Å². The number of likely N-dealkylation sites (N-methyl/N-ethyl adjacent to an activating group) is 1. The highest BCUT2D eigenvalue weighted by Gasteiger charge is 2.18. The van der Waals surface area contributed by atoms with Crippen LogP contribution < -0.4 is 10.1 Å². The number of hydrogen-bond acceptors (Lipinski definition) is 3. The van der Waals surface area contributed by atoms with Gasteiger partial charge < -0.3 is 15.0 Å². The van der Waals surface area contributed by atoms with Crippen molar-refractivity contribution in [3.8, 4) is 5.75 Å². The highest BCUT2D eigenvalue weighted by Crippen LogP contribution is 2.18. The summed E-state index contributed by atoms with van der Waals surface area (Å²) >= 11 is 5.87. The number of hydrogen-bond donors (Lipinski definition) is 1. The summed E-state index contributed by atoms with van der Waals surface area (Å²) in [5.74, 6) is 0.577. The van der Waals surface area contributed by atoms with E-state index in [1.807, 2.05) is 7.05 Å². The number of nitrogens with one attached hydrogen (secondary N) is 1. The summed E-state index contributed by atoms with van der Waals surface area (Å²) in [7, 11) is 3.68. The van der Waals surface area contributed by atoms with Crippen LogP contribution in [-0.4, -0.2) is 44.1 Å². The van der Waals surface area contributed by atoms with E-state index in [1.54, 1.807) is 43.1 Å². The predicted molar refractivity (Wildman–Crippen MR) is 77.7 cm³/mol. The van der Waals surface area contributed by atoms with Crippen molar-refractivity contribution in [3.05, 3.63) is 29.3 Å². The fourth-order valence-corrected chi connectivity index (χ4v) is 1.89. The molecule has 1 amide bonds. The highest BCUT2D eigenvalue weighted by atomic mass is 35.5. The van der Waals surface area contributed by atoms with Gasteiger partial charge in [-0.15, -0.1) is 0 Å². The summed E-state index contributed by atoms with van der Waals surface area (Å²) in [5, 5.41) is 3.65. The first kappa shape index (κ1) is 15.8. The first-order valence-electron chi connectivity index (χ1n) is 6.36. The molecule has 1 unspecified atom stereocenters. The molecule has 0 radical (unpaired) electrons. The van der Waals surface area contributed by atoms with Crippen LogP contribution in [0.15, 0.2) is 24.3 Å². The van der Waals surface area contributed by atoms with Gasteiger partial charge in [-0.25, -0.2) is 0 Å². The molecule has 1 atom stereocenters. The van der Waals surface area contributed by atoms with Gasteiger partial charge in [-0.05, 0) is 45.1 Å². The Balaban J connectivity index is 2.48. The Morgan fingerprint density at radius 2 is 2.26 bits per heavy atom. The maximum Gasteiger partial charge on any atom is 0.263 e. The molecule has 0 aliphatic carbocycles. The van der Waals surface area contributed by atoms with E-state index in [0.29, 0.717) is 17.3 Å². The van der Waals surface area contributed by atoms with Crippen molar-refractivity contribution in [1.82, 2.24) is 10.2 Å². The van der Waals surface area contributed by atoms with Crippen LogP contribution in [0.2, 0.25) is 5.02 Å². The number of amides is 1. The molecular formula is C14H21ClN2O2. The molecule has 5 heteroatoms. The zero-order valence-corrected chi connectivity index (χ0v) is 12.4. The van der Waals surface area contributed by atoms with Crippen LogP contribution >= 0.6 is 11.6 Å². The number of carbonyl (C=O) groups is 1. The minimum Gasteiger partial charge on any atom is -0.481 e. The van der Waals surface area contributed by atoms with Crippen molar-refractivity contribution in [1.29, 1.82) is 0 Å². The van der Waals surface area contributed by atoms with Crippen molar-refractivity contribution >= 4 is 17.5 Å². The number of rotatable bonds is 7. The molecule has 0 aliphatic rings. The lowest BCUT2D eigenvalue weighted by atomic mass is 10.3.